The van der Waals surface area contributed by atoms with Gasteiger partial charge in [-0.25, -0.2) is 0 Å². The Bertz CT molecular complexity index is 363. The lowest BCUT2D eigenvalue weighted by Crippen LogP contribution is -2.08. The van der Waals surface area contributed by atoms with Crippen LogP contribution in [-0.4, -0.2) is 5.78 Å². The van der Waals surface area contributed by atoms with E-state index >= 15 is 0 Å². The van der Waals surface area contributed by atoms with Gasteiger partial charge in [0.1, 0.15) is 0 Å². The molecular weight excluding hydrogens is 340 g/mol. The minimum atomic E-state index is 0.218. The van der Waals surface area contributed by atoms with E-state index in [1.165, 1.54) is 0 Å². The molecule has 0 unspecified atom stereocenters. The van der Waals surface area contributed by atoms with Gasteiger partial charge in [-0.3, -0.25) is 4.79 Å². The van der Waals surface area contributed by atoms with Crippen molar-refractivity contribution in [2.24, 2.45) is 5.41 Å². The zero-order valence-corrected chi connectivity index (χ0v) is 13.1. The van der Waals surface area contributed by atoms with E-state index in [9.17, 15) is 4.79 Å². The highest BCUT2D eigenvalue weighted by atomic mass is 79.9. The Hall–Kier alpha value is 0.330. The number of rotatable bonds is 3. The molecule has 0 fully saturated rings. The molecule has 84 valence electrons. The molecule has 1 nitrogen and oxygen atoms in total. The van der Waals surface area contributed by atoms with Crippen LogP contribution in [0.1, 0.15) is 44.0 Å². The quantitative estimate of drug-likeness (QED) is 0.675. The molecule has 0 saturated carbocycles. The van der Waals surface area contributed by atoms with Crippen LogP contribution in [0.15, 0.2) is 13.6 Å². The number of ketones is 1. The largest absolute Gasteiger partial charge is 0.294 e. The van der Waals surface area contributed by atoms with Crippen molar-refractivity contribution >= 4 is 49.0 Å². The SMILES string of the molecule is CC(C)(C)CCC(=O)c1cc(Br)sc1Br. The Morgan fingerprint density at radius 3 is 2.40 bits per heavy atom. The van der Waals surface area contributed by atoms with Crippen LogP contribution in [0.3, 0.4) is 0 Å². The Balaban J connectivity index is 2.66. The first-order valence-corrected chi connectivity index (χ1v) is 7.18. The Kier molecular flexibility index (Phi) is 4.56. The van der Waals surface area contributed by atoms with Crippen molar-refractivity contribution in [2.45, 2.75) is 33.6 Å². The number of halogens is 2. The van der Waals surface area contributed by atoms with E-state index in [0.29, 0.717) is 6.42 Å². The van der Waals surface area contributed by atoms with Gasteiger partial charge in [-0.1, -0.05) is 20.8 Å². The van der Waals surface area contributed by atoms with E-state index in [4.69, 9.17) is 0 Å². The second-order valence-corrected chi connectivity index (χ2v) is 8.47. The Morgan fingerprint density at radius 1 is 1.40 bits per heavy atom. The molecule has 4 heteroatoms. The zero-order chi connectivity index (χ0) is 11.6. The van der Waals surface area contributed by atoms with Crippen molar-refractivity contribution in [3.05, 3.63) is 19.2 Å². The normalized spacial score (nSPS) is 11.8. The van der Waals surface area contributed by atoms with Crippen molar-refractivity contribution in [1.29, 1.82) is 0 Å². The molecule has 0 bridgehead atoms. The number of Topliss-reactive ketones (excluding diaryl/α,β-unsaturated/α-hetero) is 1. The number of carbonyl (C=O) groups excluding carboxylic acids is 1. The summed E-state index contributed by atoms with van der Waals surface area (Å²) >= 11 is 8.33. The van der Waals surface area contributed by atoms with Crippen molar-refractivity contribution < 1.29 is 4.79 Å². The van der Waals surface area contributed by atoms with Crippen molar-refractivity contribution in [2.75, 3.05) is 0 Å². The smallest absolute Gasteiger partial charge is 0.164 e. The van der Waals surface area contributed by atoms with Crippen LogP contribution in [0, 0.1) is 5.41 Å². The fraction of sp³-hybridized carbons (Fsp3) is 0.545. The topological polar surface area (TPSA) is 17.1 Å². The number of thiophene rings is 1. The van der Waals surface area contributed by atoms with Crippen molar-refractivity contribution in [3.63, 3.8) is 0 Å². The second-order valence-electron chi connectivity index (χ2n) is 4.72. The molecule has 0 amide bonds. The van der Waals surface area contributed by atoms with Gasteiger partial charge in [0, 0.05) is 12.0 Å². The van der Waals surface area contributed by atoms with Gasteiger partial charge in [-0.15, -0.1) is 11.3 Å². The first-order chi connectivity index (χ1) is 6.79. The summed E-state index contributed by atoms with van der Waals surface area (Å²) in [6.45, 7) is 6.45. The van der Waals surface area contributed by atoms with E-state index in [2.05, 4.69) is 52.6 Å². The highest BCUT2D eigenvalue weighted by molar-refractivity contribution is 9.12. The third-order valence-electron chi connectivity index (χ3n) is 2.06. The van der Waals surface area contributed by atoms with Gasteiger partial charge in [0.25, 0.3) is 0 Å². The average molecular weight is 354 g/mol. The summed E-state index contributed by atoms with van der Waals surface area (Å²) in [5, 5.41) is 0. The van der Waals surface area contributed by atoms with Gasteiger partial charge in [0.2, 0.25) is 0 Å². The fourth-order valence-electron chi connectivity index (χ4n) is 1.15. The summed E-state index contributed by atoms with van der Waals surface area (Å²) in [4.78, 5) is 11.9. The summed E-state index contributed by atoms with van der Waals surface area (Å²) in [6.07, 6.45) is 1.54. The third kappa shape index (κ3) is 4.37. The molecule has 0 aliphatic heterocycles. The first kappa shape index (κ1) is 13.4. The molecule has 0 saturated heterocycles. The highest BCUT2D eigenvalue weighted by Gasteiger charge is 2.17. The molecule has 0 aromatic carbocycles. The van der Waals surface area contributed by atoms with Gasteiger partial charge in [0.15, 0.2) is 5.78 Å². The molecule has 1 rings (SSSR count). The first-order valence-electron chi connectivity index (χ1n) is 4.77. The molecule has 0 aliphatic rings. The molecule has 1 heterocycles. The average Bonchev–Trinajstić information content (AvgIpc) is 2.40. The molecule has 15 heavy (non-hydrogen) atoms. The number of carbonyl (C=O) groups is 1. The van der Waals surface area contributed by atoms with Crippen LogP contribution in [0.5, 0.6) is 0 Å². The predicted octanol–water partition coefficient (Wildman–Crippen LogP) is 5.28. The maximum atomic E-state index is 11.9. The lowest BCUT2D eigenvalue weighted by molar-refractivity contribution is 0.0965. The molecule has 0 aliphatic carbocycles. The molecule has 1 aromatic heterocycles. The number of hydrogen-bond donors (Lipinski definition) is 0. The monoisotopic (exact) mass is 352 g/mol. The van der Waals surface area contributed by atoms with Crippen LogP contribution < -0.4 is 0 Å². The van der Waals surface area contributed by atoms with Crippen molar-refractivity contribution in [3.8, 4) is 0 Å². The summed E-state index contributed by atoms with van der Waals surface area (Å²) < 4.78 is 1.92. The summed E-state index contributed by atoms with van der Waals surface area (Å²) in [6, 6.07) is 1.89. The summed E-state index contributed by atoms with van der Waals surface area (Å²) in [5.74, 6) is 0.221. The van der Waals surface area contributed by atoms with Crippen LogP contribution in [0.2, 0.25) is 0 Å². The van der Waals surface area contributed by atoms with E-state index in [1.54, 1.807) is 11.3 Å². The standard InChI is InChI=1S/C11H14Br2OS/c1-11(2,3)5-4-8(14)7-6-9(12)15-10(7)13/h6H,4-5H2,1-3H3. The van der Waals surface area contributed by atoms with E-state index in [1.807, 2.05) is 6.07 Å². The minimum absolute atomic E-state index is 0.218. The van der Waals surface area contributed by atoms with Crippen LogP contribution in [0.25, 0.3) is 0 Å². The second kappa shape index (κ2) is 5.11. The van der Waals surface area contributed by atoms with Gasteiger partial charge < -0.3 is 0 Å². The van der Waals surface area contributed by atoms with Crippen molar-refractivity contribution in [1.82, 2.24) is 0 Å². The van der Waals surface area contributed by atoms with Crippen LogP contribution in [0.4, 0.5) is 0 Å². The van der Waals surface area contributed by atoms with Gasteiger partial charge in [-0.05, 0) is 49.8 Å². The Morgan fingerprint density at radius 2 is 2.00 bits per heavy atom. The summed E-state index contributed by atoms with van der Waals surface area (Å²) in [7, 11) is 0. The maximum Gasteiger partial charge on any atom is 0.164 e. The lowest BCUT2D eigenvalue weighted by Gasteiger charge is -2.16. The van der Waals surface area contributed by atoms with Gasteiger partial charge in [0.05, 0.1) is 7.57 Å². The van der Waals surface area contributed by atoms with E-state index in [0.717, 1.165) is 19.6 Å². The molecular formula is C11H14Br2OS. The Labute approximate surface area is 112 Å². The van der Waals surface area contributed by atoms with E-state index in [-0.39, 0.29) is 11.2 Å². The maximum absolute atomic E-state index is 11.9. The molecule has 1 aromatic rings. The molecule has 0 spiro atoms. The van der Waals surface area contributed by atoms with Crippen LogP contribution in [-0.2, 0) is 0 Å². The highest BCUT2D eigenvalue weighted by Crippen LogP contribution is 2.33. The van der Waals surface area contributed by atoms with Gasteiger partial charge >= 0.3 is 0 Å². The lowest BCUT2D eigenvalue weighted by atomic mass is 9.89. The fourth-order valence-corrected chi connectivity index (χ4v) is 4.01. The molecule has 0 radical (unpaired) electrons. The van der Waals surface area contributed by atoms with E-state index < -0.39 is 0 Å². The molecule has 0 atom stereocenters. The zero-order valence-electron chi connectivity index (χ0n) is 9.06. The third-order valence-corrected chi connectivity index (χ3v) is 4.40. The number of hydrogen-bond acceptors (Lipinski definition) is 2. The summed E-state index contributed by atoms with van der Waals surface area (Å²) in [5.41, 5.74) is 1.02. The predicted molar refractivity (Wildman–Crippen MR) is 72.7 cm³/mol. The van der Waals surface area contributed by atoms with Gasteiger partial charge in [-0.2, -0.15) is 0 Å². The van der Waals surface area contributed by atoms with Crippen LogP contribution >= 0.6 is 43.2 Å². The molecule has 0 N–H and O–H groups in total. The minimum Gasteiger partial charge on any atom is -0.294 e.